The van der Waals surface area contributed by atoms with Gasteiger partial charge in [0.05, 0.1) is 17.4 Å². The molecule has 7 nitrogen and oxygen atoms in total. The lowest BCUT2D eigenvalue weighted by Gasteiger charge is -2.09. The lowest BCUT2D eigenvalue weighted by molar-refractivity contribution is -0.116. The summed E-state index contributed by atoms with van der Waals surface area (Å²) in [4.78, 5) is 39.9. The van der Waals surface area contributed by atoms with Crippen molar-refractivity contribution < 1.29 is 4.79 Å². The Hall–Kier alpha value is -3.39. The Bertz CT molecular complexity index is 1310. The zero-order valence-corrected chi connectivity index (χ0v) is 17.8. The van der Waals surface area contributed by atoms with Crippen molar-refractivity contribution in [3.63, 3.8) is 0 Å². The topological polar surface area (TPSA) is 89.8 Å². The quantitative estimate of drug-likeness (QED) is 0.530. The van der Waals surface area contributed by atoms with E-state index in [0.717, 1.165) is 26.5 Å². The highest BCUT2D eigenvalue weighted by molar-refractivity contribution is 7.18. The van der Waals surface area contributed by atoms with Crippen LogP contribution in [0.4, 0.5) is 5.69 Å². The van der Waals surface area contributed by atoms with Crippen LogP contribution < -0.4 is 10.9 Å². The number of hydrogen-bond acceptors (Lipinski definition) is 6. The van der Waals surface area contributed by atoms with Gasteiger partial charge in [0.1, 0.15) is 10.7 Å². The Kier molecular flexibility index (Phi) is 5.41. The van der Waals surface area contributed by atoms with Gasteiger partial charge in [-0.15, -0.1) is 11.3 Å². The minimum atomic E-state index is -0.170. The SMILES string of the molecule is Cc1nccc(-c2cccc(NC(=O)CCn3cnc4sc(C)c(C)c4c3=O)c2)n1. The highest BCUT2D eigenvalue weighted by Crippen LogP contribution is 2.25. The van der Waals surface area contributed by atoms with Gasteiger partial charge in [-0.05, 0) is 44.5 Å². The van der Waals surface area contributed by atoms with E-state index in [1.54, 1.807) is 6.20 Å². The molecule has 0 unspecified atom stereocenters. The molecule has 1 N–H and O–H groups in total. The molecule has 30 heavy (non-hydrogen) atoms. The Morgan fingerprint density at radius 3 is 2.80 bits per heavy atom. The number of benzene rings is 1. The van der Waals surface area contributed by atoms with Crippen LogP contribution in [0.25, 0.3) is 21.5 Å². The van der Waals surface area contributed by atoms with E-state index >= 15 is 0 Å². The summed E-state index contributed by atoms with van der Waals surface area (Å²) >= 11 is 1.52. The molecule has 0 radical (unpaired) electrons. The molecule has 8 heteroatoms. The largest absolute Gasteiger partial charge is 0.326 e. The normalized spacial score (nSPS) is 11.0. The van der Waals surface area contributed by atoms with E-state index in [1.165, 1.54) is 22.2 Å². The molecule has 4 rings (SSSR count). The Labute approximate surface area is 177 Å². The van der Waals surface area contributed by atoms with Crippen LogP contribution in [0.3, 0.4) is 0 Å². The first-order valence-electron chi connectivity index (χ1n) is 9.57. The van der Waals surface area contributed by atoms with Gasteiger partial charge >= 0.3 is 0 Å². The van der Waals surface area contributed by atoms with E-state index in [-0.39, 0.29) is 24.4 Å². The first-order chi connectivity index (χ1) is 14.4. The monoisotopic (exact) mass is 419 g/mol. The standard InChI is InChI=1S/C22H21N5O2S/c1-13-14(2)30-21-20(13)22(29)27(12-24-21)10-8-19(28)26-17-6-4-5-16(11-17)18-7-9-23-15(3)25-18/h4-7,9,11-12H,8,10H2,1-3H3,(H,26,28). The van der Waals surface area contributed by atoms with Crippen molar-refractivity contribution >= 4 is 33.1 Å². The highest BCUT2D eigenvalue weighted by atomic mass is 32.1. The molecule has 1 amide bonds. The van der Waals surface area contributed by atoms with Gasteiger partial charge < -0.3 is 5.32 Å². The van der Waals surface area contributed by atoms with E-state index in [9.17, 15) is 9.59 Å². The summed E-state index contributed by atoms with van der Waals surface area (Å²) < 4.78 is 1.50. The number of nitrogens with one attached hydrogen (secondary N) is 1. The van der Waals surface area contributed by atoms with Crippen molar-refractivity contribution in [2.75, 3.05) is 5.32 Å². The third-order valence-corrected chi connectivity index (χ3v) is 6.07. The fraction of sp³-hybridized carbons (Fsp3) is 0.227. The molecule has 3 aromatic heterocycles. The molecule has 152 valence electrons. The van der Waals surface area contributed by atoms with Crippen LogP contribution in [0.2, 0.25) is 0 Å². The van der Waals surface area contributed by atoms with Gasteiger partial charge in [-0.2, -0.15) is 0 Å². The summed E-state index contributed by atoms with van der Waals surface area (Å²) in [5.74, 6) is 0.519. The molecule has 0 atom stereocenters. The maximum absolute atomic E-state index is 12.7. The molecule has 0 bridgehead atoms. The van der Waals surface area contributed by atoms with Crippen LogP contribution in [-0.2, 0) is 11.3 Å². The van der Waals surface area contributed by atoms with Gasteiger partial charge in [-0.1, -0.05) is 12.1 Å². The van der Waals surface area contributed by atoms with E-state index in [4.69, 9.17) is 0 Å². The molecule has 0 aliphatic heterocycles. The number of carbonyl (C=O) groups is 1. The van der Waals surface area contributed by atoms with Crippen molar-refractivity contribution in [3.05, 3.63) is 69.5 Å². The first-order valence-corrected chi connectivity index (χ1v) is 10.4. The zero-order chi connectivity index (χ0) is 21.3. The third kappa shape index (κ3) is 3.99. The van der Waals surface area contributed by atoms with Gasteiger partial charge in [0, 0.05) is 35.3 Å². The molecule has 0 aliphatic carbocycles. The summed E-state index contributed by atoms with van der Waals surface area (Å²) in [6, 6.07) is 9.33. The molecule has 0 saturated carbocycles. The van der Waals surface area contributed by atoms with Gasteiger partial charge in [-0.25, -0.2) is 15.0 Å². The molecule has 3 heterocycles. The Balaban J connectivity index is 1.46. The van der Waals surface area contributed by atoms with Crippen molar-refractivity contribution in [1.29, 1.82) is 0 Å². The predicted molar refractivity (Wildman–Crippen MR) is 119 cm³/mol. The lowest BCUT2D eigenvalue weighted by atomic mass is 10.1. The number of nitrogens with zero attached hydrogens (tertiary/aromatic N) is 4. The van der Waals surface area contributed by atoms with Crippen molar-refractivity contribution in [3.8, 4) is 11.3 Å². The number of rotatable bonds is 5. The van der Waals surface area contributed by atoms with Gasteiger partial charge in [0.2, 0.25) is 5.91 Å². The summed E-state index contributed by atoms with van der Waals surface area (Å²) in [5.41, 5.74) is 3.23. The van der Waals surface area contributed by atoms with Crippen LogP contribution >= 0.6 is 11.3 Å². The molecular formula is C22H21N5O2S. The van der Waals surface area contributed by atoms with E-state index < -0.39 is 0 Å². The van der Waals surface area contributed by atoms with E-state index in [1.807, 2.05) is 51.1 Å². The predicted octanol–water partition coefficient (Wildman–Crippen LogP) is 3.87. The second kappa shape index (κ2) is 8.16. The molecule has 0 fully saturated rings. The second-order valence-electron chi connectivity index (χ2n) is 7.07. The summed E-state index contributed by atoms with van der Waals surface area (Å²) in [6.07, 6.45) is 3.40. The van der Waals surface area contributed by atoms with Crippen LogP contribution in [0.1, 0.15) is 22.7 Å². The average Bonchev–Trinajstić information content (AvgIpc) is 3.02. The highest BCUT2D eigenvalue weighted by Gasteiger charge is 2.13. The second-order valence-corrected chi connectivity index (χ2v) is 8.28. The number of thiophene rings is 1. The fourth-order valence-electron chi connectivity index (χ4n) is 3.25. The first kappa shape index (κ1) is 19.9. The molecule has 0 saturated heterocycles. The molecular weight excluding hydrogens is 398 g/mol. The third-order valence-electron chi connectivity index (χ3n) is 4.95. The van der Waals surface area contributed by atoms with Crippen LogP contribution in [0.5, 0.6) is 0 Å². The van der Waals surface area contributed by atoms with Gasteiger partial charge in [-0.3, -0.25) is 14.2 Å². The maximum atomic E-state index is 12.7. The summed E-state index contributed by atoms with van der Waals surface area (Å²) in [5, 5.41) is 3.54. The Morgan fingerprint density at radius 1 is 1.17 bits per heavy atom. The maximum Gasteiger partial charge on any atom is 0.262 e. The van der Waals surface area contributed by atoms with Crippen molar-refractivity contribution in [2.45, 2.75) is 33.7 Å². The average molecular weight is 420 g/mol. The molecule has 1 aromatic carbocycles. The fourth-order valence-corrected chi connectivity index (χ4v) is 4.24. The number of amides is 1. The molecule has 0 aliphatic rings. The van der Waals surface area contributed by atoms with Crippen molar-refractivity contribution in [2.24, 2.45) is 0 Å². The van der Waals surface area contributed by atoms with Crippen LogP contribution in [0, 0.1) is 20.8 Å². The minimum absolute atomic E-state index is 0.101. The number of aromatic nitrogens is 4. The lowest BCUT2D eigenvalue weighted by Crippen LogP contribution is -2.23. The van der Waals surface area contributed by atoms with Crippen LogP contribution in [-0.4, -0.2) is 25.4 Å². The number of carbonyl (C=O) groups excluding carboxylic acids is 1. The molecule has 4 aromatic rings. The van der Waals surface area contributed by atoms with E-state index in [2.05, 4.69) is 20.3 Å². The van der Waals surface area contributed by atoms with Gasteiger partial charge in [0.25, 0.3) is 5.56 Å². The van der Waals surface area contributed by atoms with Crippen molar-refractivity contribution in [1.82, 2.24) is 19.5 Å². The van der Waals surface area contributed by atoms with Gasteiger partial charge in [0.15, 0.2) is 0 Å². The number of aryl methyl sites for hydroxylation is 4. The number of fused-ring (bicyclic) bond motifs is 1. The minimum Gasteiger partial charge on any atom is -0.326 e. The number of hydrogen-bond donors (Lipinski definition) is 1. The number of anilines is 1. The Morgan fingerprint density at radius 2 is 2.00 bits per heavy atom. The molecule has 0 spiro atoms. The summed E-state index contributed by atoms with van der Waals surface area (Å²) in [6.45, 7) is 6.02. The zero-order valence-electron chi connectivity index (χ0n) is 17.0. The van der Waals surface area contributed by atoms with E-state index in [0.29, 0.717) is 16.9 Å². The smallest absolute Gasteiger partial charge is 0.262 e. The van der Waals surface area contributed by atoms with Crippen LogP contribution in [0.15, 0.2) is 47.7 Å². The summed E-state index contributed by atoms with van der Waals surface area (Å²) in [7, 11) is 0.